The second-order valence-electron chi connectivity index (χ2n) is 14.2. The molecule has 2 aromatic heterocycles. The molecule has 0 spiro atoms. The predicted molar refractivity (Wildman–Crippen MR) is 229 cm³/mol. The summed E-state index contributed by atoms with van der Waals surface area (Å²) in [4.78, 5) is 10.3. The van der Waals surface area contributed by atoms with Crippen LogP contribution in [0.5, 0.6) is 0 Å². The molecule has 0 saturated carbocycles. The molecule has 3 heteroatoms. The average molecular weight is 701 g/mol. The Labute approximate surface area is 317 Å². The Balaban J connectivity index is 1.05. The molecule has 0 aliphatic rings. The zero-order valence-corrected chi connectivity index (χ0v) is 29.8. The molecule has 0 bridgehead atoms. The number of para-hydroxylation sites is 1. The van der Waals surface area contributed by atoms with Crippen molar-refractivity contribution in [2.75, 3.05) is 0 Å². The molecule has 0 radical (unpaired) electrons. The number of rotatable bonds is 5. The molecule has 0 amide bonds. The first-order valence-corrected chi connectivity index (χ1v) is 18.6. The Bertz CT molecular complexity index is 3270. The van der Waals surface area contributed by atoms with Crippen molar-refractivity contribution in [1.29, 1.82) is 0 Å². The highest BCUT2D eigenvalue weighted by molar-refractivity contribution is 6.20. The van der Waals surface area contributed by atoms with Gasteiger partial charge in [0.25, 0.3) is 0 Å². The molecular weight excluding hydrogens is 669 g/mol. The van der Waals surface area contributed by atoms with Crippen LogP contribution in [0, 0.1) is 0 Å². The van der Waals surface area contributed by atoms with Crippen LogP contribution < -0.4 is 0 Å². The Morgan fingerprint density at radius 3 is 1.71 bits per heavy atom. The average Bonchev–Trinajstić information content (AvgIpc) is 3.64. The largest absolute Gasteiger partial charge is 0.456 e. The highest BCUT2D eigenvalue weighted by Crippen LogP contribution is 2.41. The third-order valence-electron chi connectivity index (χ3n) is 10.8. The zero-order valence-electron chi connectivity index (χ0n) is 29.8. The maximum atomic E-state index is 6.15. The van der Waals surface area contributed by atoms with Gasteiger partial charge in [-0.25, -0.2) is 9.97 Å². The highest BCUT2D eigenvalue weighted by atomic mass is 16.3. The fourth-order valence-corrected chi connectivity index (χ4v) is 8.19. The standard InChI is InChI=1S/C52H32N2O/c1-2-13-34(14-3-1)52-53-47(32-48(54-52)39-25-27-50-46(31-39)43-22-8-9-23-49(43)55-50)38-18-10-16-35(28-38)36-17-11-19-40(29-36)51-42-21-7-5-15-37(42)30-45-41-20-6-4-12-33(41)24-26-44(45)51/h1-32H. The molecule has 11 aromatic rings. The van der Waals surface area contributed by atoms with E-state index in [1.807, 2.05) is 36.4 Å². The maximum absolute atomic E-state index is 6.15. The first-order valence-electron chi connectivity index (χ1n) is 18.6. The summed E-state index contributed by atoms with van der Waals surface area (Å²) < 4.78 is 6.15. The van der Waals surface area contributed by atoms with Gasteiger partial charge >= 0.3 is 0 Å². The van der Waals surface area contributed by atoms with E-state index in [-0.39, 0.29) is 0 Å². The lowest BCUT2D eigenvalue weighted by molar-refractivity contribution is 0.669. The van der Waals surface area contributed by atoms with Gasteiger partial charge in [-0.05, 0) is 103 Å². The summed E-state index contributed by atoms with van der Waals surface area (Å²) >= 11 is 0. The summed E-state index contributed by atoms with van der Waals surface area (Å²) in [7, 11) is 0. The number of benzene rings is 9. The van der Waals surface area contributed by atoms with Gasteiger partial charge in [0.2, 0.25) is 0 Å². The number of hydrogen-bond donors (Lipinski definition) is 0. The van der Waals surface area contributed by atoms with Crippen molar-refractivity contribution in [1.82, 2.24) is 9.97 Å². The number of furan rings is 1. The molecule has 0 atom stereocenters. The van der Waals surface area contributed by atoms with E-state index < -0.39 is 0 Å². The SMILES string of the molecule is c1ccc(-c2nc(-c3cccc(-c4cccc(-c5c6ccccc6cc6c5ccc5ccccc56)c4)c3)cc(-c3ccc4oc5ccccc5c4c3)n2)cc1. The normalized spacial score (nSPS) is 11.6. The van der Waals surface area contributed by atoms with Gasteiger partial charge in [-0.3, -0.25) is 0 Å². The predicted octanol–water partition coefficient (Wildman–Crippen LogP) is 14.2. The Morgan fingerprint density at radius 1 is 0.291 bits per heavy atom. The molecule has 0 unspecified atom stereocenters. The van der Waals surface area contributed by atoms with Crippen LogP contribution in [0.1, 0.15) is 0 Å². The van der Waals surface area contributed by atoms with Gasteiger partial charge in [0.15, 0.2) is 5.82 Å². The first kappa shape index (κ1) is 31.2. The molecular formula is C52H32N2O. The van der Waals surface area contributed by atoms with Crippen molar-refractivity contribution in [3.63, 3.8) is 0 Å². The van der Waals surface area contributed by atoms with Gasteiger partial charge in [-0.1, -0.05) is 146 Å². The topological polar surface area (TPSA) is 38.9 Å². The van der Waals surface area contributed by atoms with Crippen LogP contribution in [0.4, 0.5) is 0 Å². The Morgan fingerprint density at radius 2 is 0.891 bits per heavy atom. The van der Waals surface area contributed by atoms with Crippen molar-refractivity contribution in [3.05, 3.63) is 194 Å². The van der Waals surface area contributed by atoms with E-state index in [9.17, 15) is 0 Å². The highest BCUT2D eigenvalue weighted by Gasteiger charge is 2.16. The monoisotopic (exact) mass is 700 g/mol. The minimum absolute atomic E-state index is 0.688. The third kappa shape index (κ3) is 5.36. The fraction of sp³-hybridized carbons (Fsp3) is 0. The second-order valence-corrected chi connectivity index (χ2v) is 14.2. The molecule has 0 N–H and O–H groups in total. The minimum Gasteiger partial charge on any atom is -0.456 e. The molecule has 2 heterocycles. The van der Waals surface area contributed by atoms with Crippen LogP contribution in [-0.4, -0.2) is 9.97 Å². The van der Waals surface area contributed by atoms with Gasteiger partial charge < -0.3 is 4.42 Å². The first-order chi connectivity index (χ1) is 27.2. The van der Waals surface area contributed by atoms with Crippen LogP contribution in [0.3, 0.4) is 0 Å². The molecule has 9 aromatic carbocycles. The van der Waals surface area contributed by atoms with Crippen molar-refractivity contribution >= 4 is 54.3 Å². The summed E-state index contributed by atoms with van der Waals surface area (Å²) in [6, 6.07) is 68.8. The fourth-order valence-electron chi connectivity index (χ4n) is 8.19. The molecule has 0 aliphatic heterocycles. The minimum atomic E-state index is 0.688. The van der Waals surface area contributed by atoms with Crippen molar-refractivity contribution in [2.24, 2.45) is 0 Å². The second kappa shape index (κ2) is 12.6. The summed E-state index contributed by atoms with van der Waals surface area (Å²) in [5, 5.41) is 9.70. The quantitative estimate of drug-likeness (QED) is 0.133. The smallest absolute Gasteiger partial charge is 0.160 e. The number of fused-ring (bicyclic) bond motifs is 7. The summed E-state index contributed by atoms with van der Waals surface area (Å²) in [6.45, 7) is 0. The number of nitrogens with zero attached hydrogens (tertiary/aromatic N) is 2. The van der Waals surface area contributed by atoms with E-state index in [2.05, 4.69) is 158 Å². The molecule has 55 heavy (non-hydrogen) atoms. The van der Waals surface area contributed by atoms with E-state index in [4.69, 9.17) is 14.4 Å². The molecule has 0 fully saturated rings. The van der Waals surface area contributed by atoms with E-state index in [0.717, 1.165) is 61.1 Å². The lowest BCUT2D eigenvalue weighted by atomic mass is 9.88. The van der Waals surface area contributed by atoms with E-state index in [1.165, 1.54) is 43.4 Å². The van der Waals surface area contributed by atoms with Crippen molar-refractivity contribution < 1.29 is 4.42 Å². The van der Waals surface area contributed by atoms with Gasteiger partial charge in [0.1, 0.15) is 11.2 Å². The van der Waals surface area contributed by atoms with Crippen molar-refractivity contribution in [3.8, 4) is 56.2 Å². The Kier molecular flexibility index (Phi) is 7.17. The lowest BCUT2D eigenvalue weighted by Gasteiger charge is -2.15. The van der Waals surface area contributed by atoms with Crippen LogP contribution in [0.25, 0.3) is 110 Å². The van der Waals surface area contributed by atoms with Crippen LogP contribution in [-0.2, 0) is 0 Å². The van der Waals surface area contributed by atoms with Crippen LogP contribution in [0.2, 0.25) is 0 Å². The third-order valence-corrected chi connectivity index (χ3v) is 10.8. The van der Waals surface area contributed by atoms with Crippen LogP contribution in [0.15, 0.2) is 199 Å². The van der Waals surface area contributed by atoms with E-state index in [0.29, 0.717) is 5.82 Å². The zero-order chi connectivity index (χ0) is 36.3. The number of aromatic nitrogens is 2. The van der Waals surface area contributed by atoms with Gasteiger partial charge in [-0.2, -0.15) is 0 Å². The molecule has 11 rings (SSSR count). The van der Waals surface area contributed by atoms with Crippen molar-refractivity contribution in [2.45, 2.75) is 0 Å². The molecule has 0 aliphatic carbocycles. The summed E-state index contributed by atoms with van der Waals surface area (Å²) in [5.41, 5.74) is 11.2. The molecule has 256 valence electrons. The van der Waals surface area contributed by atoms with Gasteiger partial charge in [0.05, 0.1) is 11.4 Å². The molecule has 0 saturated heterocycles. The van der Waals surface area contributed by atoms with Gasteiger partial charge in [0, 0.05) is 27.5 Å². The maximum Gasteiger partial charge on any atom is 0.160 e. The molecule has 3 nitrogen and oxygen atoms in total. The van der Waals surface area contributed by atoms with E-state index in [1.54, 1.807) is 0 Å². The number of hydrogen-bond acceptors (Lipinski definition) is 3. The summed E-state index contributed by atoms with van der Waals surface area (Å²) in [5.74, 6) is 0.688. The van der Waals surface area contributed by atoms with Crippen LogP contribution >= 0.6 is 0 Å². The lowest BCUT2D eigenvalue weighted by Crippen LogP contribution is -1.96. The van der Waals surface area contributed by atoms with Gasteiger partial charge in [-0.15, -0.1) is 0 Å². The summed E-state index contributed by atoms with van der Waals surface area (Å²) in [6.07, 6.45) is 0. The van der Waals surface area contributed by atoms with E-state index >= 15 is 0 Å². The Hall–Kier alpha value is -7.36.